The van der Waals surface area contributed by atoms with E-state index in [1.165, 1.54) is 20.5 Å². The van der Waals surface area contributed by atoms with E-state index < -0.39 is 0 Å². The van der Waals surface area contributed by atoms with Crippen LogP contribution in [0.2, 0.25) is 0 Å². The maximum absolute atomic E-state index is 3.84. The summed E-state index contributed by atoms with van der Waals surface area (Å²) in [6.45, 7) is 12.2. The quantitative estimate of drug-likeness (QED) is 0.449. The van der Waals surface area contributed by atoms with E-state index >= 15 is 0 Å². The highest BCUT2D eigenvalue weighted by Gasteiger charge is 1.91. The molecule has 0 saturated carbocycles. The van der Waals surface area contributed by atoms with Crippen molar-refractivity contribution in [2.24, 2.45) is 0 Å². The lowest BCUT2D eigenvalue weighted by Crippen LogP contribution is -1.66. The number of fused-ring (bicyclic) bond motifs is 1. The Morgan fingerprint density at radius 2 is 1.60 bits per heavy atom. The van der Waals surface area contributed by atoms with Gasteiger partial charge in [-0.3, -0.25) is 4.98 Å². The molecule has 1 nitrogen and oxygen atoms in total. The molecule has 2 aromatic heterocycles. The molecule has 0 aliphatic rings. The molecule has 0 aliphatic carbocycles. The number of nitrogens with zero attached hydrogens (tertiary/aromatic N) is 1. The van der Waals surface area contributed by atoms with Crippen molar-refractivity contribution >= 4 is 32.8 Å². The number of aryl methyl sites for hydroxylation is 2. The van der Waals surface area contributed by atoms with E-state index in [0.717, 1.165) is 0 Å². The molecule has 3 rings (SSSR count). The fourth-order valence-electron chi connectivity index (χ4n) is 1.34. The first-order chi connectivity index (χ1) is 9.75. The summed E-state index contributed by atoms with van der Waals surface area (Å²) < 4.78 is 1.39. The Kier molecular flexibility index (Phi) is 10.9. The first-order valence-electron chi connectivity index (χ1n) is 7.04. The number of thiazole rings is 1. The smallest absolute Gasteiger partial charge is 0.0794 e. The maximum atomic E-state index is 3.84. The lowest BCUT2D eigenvalue weighted by molar-refractivity contribution is 1.39. The Hall–Kier alpha value is -1.19. The second kappa shape index (κ2) is 11.6. The Bertz CT molecular complexity index is 553. The second-order valence-electron chi connectivity index (χ2n) is 3.57. The fraction of sp³-hybridized carbons (Fsp3) is 0.353. The average Bonchev–Trinajstić information content (AvgIpc) is 3.14. The van der Waals surface area contributed by atoms with Crippen LogP contribution in [0, 0.1) is 13.8 Å². The van der Waals surface area contributed by atoms with Crippen LogP contribution in [0.25, 0.3) is 10.1 Å². The average molecular weight is 308 g/mol. The lowest BCUT2D eigenvalue weighted by Gasteiger charge is -1.89. The molecular weight excluding hydrogens is 282 g/mol. The van der Waals surface area contributed by atoms with Gasteiger partial charge in [-0.15, -0.1) is 22.7 Å². The Morgan fingerprint density at radius 3 is 2.10 bits per heavy atom. The highest BCUT2D eigenvalue weighted by molar-refractivity contribution is 7.17. The predicted octanol–water partition coefficient (Wildman–Crippen LogP) is 6.71. The van der Waals surface area contributed by atoms with Gasteiger partial charge in [0, 0.05) is 15.8 Å². The van der Waals surface area contributed by atoms with Gasteiger partial charge in [0.1, 0.15) is 0 Å². The van der Waals surface area contributed by atoms with Crippen molar-refractivity contribution in [1.82, 2.24) is 4.98 Å². The molecule has 0 saturated heterocycles. The molecule has 0 radical (unpaired) electrons. The normalized spacial score (nSPS) is 8.50. The number of hydrogen-bond acceptors (Lipinski definition) is 3. The third-order valence-corrected chi connectivity index (χ3v) is 3.75. The van der Waals surface area contributed by atoms with Gasteiger partial charge >= 0.3 is 0 Å². The SMILES string of the molecule is CC.CC.Cc1ccc2ccsc2c1.Cc1cncs1. The number of thiophene rings is 1. The summed E-state index contributed by atoms with van der Waals surface area (Å²) in [5, 5.41) is 3.49. The van der Waals surface area contributed by atoms with Gasteiger partial charge in [0.2, 0.25) is 0 Å². The molecule has 3 heteroatoms. The van der Waals surface area contributed by atoms with Crippen LogP contribution < -0.4 is 0 Å². The van der Waals surface area contributed by atoms with Crippen molar-refractivity contribution in [1.29, 1.82) is 0 Å². The van der Waals surface area contributed by atoms with Gasteiger partial charge in [0.25, 0.3) is 0 Å². The first-order valence-corrected chi connectivity index (χ1v) is 8.80. The minimum absolute atomic E-state index is 1.27. The van der Waals surface area contributed by atoms with E-state index in [1.807, 2.05) is 46.3 Å². The third-order valence-electron chi connectivity index (χ3n) is 2.17. The molecule has 110 valence electrons. The van der Waals surface area contributed by atoms with Crippen LogP contribution in [0.3, 0.4) is 0 Å². The second-order valence-corrected chi connectivity index (χ2v) is 5.61. The zero-order valence-corrected chi connectivity index (χ0v) is 14.9. The summed E-state index contributed by atoms with van der Waals surface area (Å²) in [6.07, 6.45) is 1.85. The molecule has 3 aromatic rings. The predicted molar refractivity (Wildman–Crippen MR) is 96.1 cm³/mol. The number of rotatable bonds is 0. The summed E-state index contributed by atoms with van der Waals surface area (Å²) >= 11 is 3.47. The minimum atomic E-state index is 1.27. The van der Waals surface area contributed by atoms with Crippen molar-refractivity contribution < 1.29 is 0 Å². The monoisotopic (exact) mass is 307 g/mol. The number of hydrogen-bond donors (Lipinski definition) is 0. The van der Waals surface area contributed by atoms with Crippen LogP contribution in [-0.2, 0) is 0 Å². The van der Waals surface area contributed by atoms with Crippen LogP contribution in [0.5, 0.6) is 0 Å². The van der Waals surface area contributed by atoms with Crippen LogP contribution >= 0.6 is 22.7 Å². The summed E-state index contributed by atoms with van der Waals surface area (Å²) in [5.41, 5.74) is 3.17. The van der Waals surface area contributed by atoms with Gasteiger partial charge in [-0.25, -0.2) is 0 Å². The molecule has 0 amide bonds. The molecule has 0 fully saturated rings. The Morgan fingerprint density at radius 1 is 0.900 bits per heavy atom. The molecule has 0 unspecified atom stereocenters. The molecule has 2 heterocycles. The van der Waals surface area contributed by atoms with E-state index in [9.17, 15) is 0 Å². The van der Waals surface area contributed by atoms with E-state index in [4.69, 9.17) is 0 Å². The van der Waals surface area contributed by atoms with Gasteiger partial charge in [-0.1, -0.05) is 39.8 Å². The lowest BCUT2D eigenvalue weighted by atomic mass is 10.2. The summed E-state index contributed by atoms with van der Waals surface area (Å²) in [5.74, 6) is 0. The molecule has 0 atom stereocenters. The van der Waals surface area contributed by atoms with Gasteiger partial charge in [0.05, 0.1) is 5.51 Å². The summed E-state index contributed by atoms with van der Waals surface area (Å²) in [7, 11) is 0. The Balaban J connectivity index is 0.000000312. The molecule has 20 heavy (non-hydrogen) atoms. The third kappa shape index (κ3) is 6.83. The molecule has 0 aliphatic heterocycles. The van der Waals surface area contributed by atoms with E-state index in [1.54, 1.807) is 22.7 Å². The van der Waals surface area contributed by atoms with Crippen LogP contribution in [0.4, 0.5) is 0 Å². The topological polar surface area (TPSA) is 12.9 Å². The maximum Gasteiger partial charge on any atom is 0.0794 e. The number of aromatic nitrogens is 1. The zero-order valence-electron chi connectivity index (χ0n) is 13.3. The van der Waals surface area contributed by atoms with Crippen molar-refractivity contribution in [3.8, 4) is 0 Å². The molecule has 1 aromatic carbocycles. The van der Waals surface area contributed by atoms with Gasteiger partial charge < -0.3 is 0 Å². The molecule has 0 bridgehead atoms. The van der Waals surface area contributed by atoms with Crippen LogP contribution in [0.15, 0.2) is 41.4 Å². The zero-order chi connectivity index (χ0) is 15.4. The van der Waals surface area contributed by atoms with E-state index in [2.05, 4.69) is 41.6 Å². The molecule has 0 N–H and O–H groups in total. The highest BCUT2D eigenvalue weighted by Crippen LogP contribution is 2.21. The molecule has 0 spiro atoms. The van der Waals surface area contributed by atoms with Gasteiger partial charge in [-0.05, 0) is 42.3 Å². The van der Waals surface area contributed by atoms with Crippen LogP contribution in [-0.4, -0.2) is 4.98 Å². The minimum Gasteiger partial charge on any atom is -0.253 e. The largest absolute Gasteiger partial charge is 0.253 e. The first kappa shape index (κ1) is 18.8. The van der Waals surface area contributed by atoms with Crippen molar-refractivity contribution in [3.63, 3.8) is 0 Å². The summed E-state index contributed by atoms with van der Waals surface area (Å²) in [4.78, 5) is 5.11. The van der Waals surface area contributed by atoms with Crippen molar-refractivity contribution in [2.75, 3.05) is 0 Å². The van der Waals surface area contributed by atoms with Gasteiger partial charge in [-0.2, -0.15) is 0 Å². The number of benzene rings is 1. The summed E-state index contributed by atoms with van der Waals surface area (Å²) in [6, 6.07) is 8.69. The van der Waals surface area contributed by atoms with Crippen molar-refractivity contribution in [2.45, 2.75) is 41.5 Å². The van der Waals surface area contributed by atoms with Crippen molar-refractivity contribution in [3.05, 3.63) is 51.8 Å². The highest BCUT2D eigenvalue weighted by atomic mass is 32.1. The van der Waals surface area contributed by atoms with Crippen LogP contribution in [0.1, 0.15) is 38.1 Å². The van der Waals surface area contributed by atoms with E-state index in [0.29, 0.717) is 0 Å². The standard InChI is InChI=1S/C9H8S.C4H5NS.2C2H6/c1-7-2-3-8-4-5-10-9(8)6-7;1-4-2-5-3-6-4;2*1-2/h2-6H,1H3;2-3H,1H3;2*1-2H3. The van der Waals surface area contributed by atoms with E-state index in [-0.39, 0.29) is 0 Å². The van der Waals surface area contributed by atoms with Gasteiger partial charge in [0.15, 0.2) is 0 Å². The Labute approximate surface area is 131 Å². The fourth-order valence-corrected chi connectivity index (χ4v) is 2.64. The molecular formula is C17H25NS2.